The molecule has 1 heterocycles. The monoisotopic (exact) mass is 272 g/mol. The van der Waals surface area contributed by atoms with Crippen molar-refractivity contribution in [2.24, 2.45) is 0 Å². The number of nitrogens with two attached hydrogens (primary N) is 1. The summed E-state index contributed by atoms with van der Waals surface area (Å²) in [6.07, 6.45) is 3.32. The lowest BCUT2D eigenvalue weighted by molar-refractivity contribution is 0.185. The maximum Gasteiger partial charge on any atom is 0.139 e. The number of hydrogen-bond acceptors (Lipinski definition) is 5. The molecule has 0 saturated carbocycles. The van der Waals surface area contributed by atoms with E-state index in [1.54, 1.807) is 7.11 Å². The van der Waals surface area contributed by atoms with Gasteiger partial charge >= 0.3 is 0 Å². The number of benzene rings is 1. The summed E-state index contributed by atoms with van der Waals surface area (Å²) in [5, 5.41) is 3.34. The summed E-state index contributed by atoms with van der Waals surface area (Å²) in [6.45, 7) is 2.65. The molecule has 0 unspecified atom stereocenters. The van der Waals surface area contributed by atoms with Crippen LogP contribution < -0.4 is 11.1 Å². The van der Waals surface area contributed by atoms with Gasteiger partial charge in [0.2, 0.25) is 0 Å². The van der Waals surface area contributed by atoms with Crippen LogP contribution in [-0.2, 0) is 17.8 Å². The molecule has 2 rings (SSSR count). The highest BCUT2D eigenvalue weighted by atomic mass is 16.5. The third kappa shape index (κ3) is 3.24. The molecule has 0 spiro atoms. The lowest BCUT2D eigenvalue weighted by Crippen LogP contribution is -2.06. The third-order valence-electron chi connectivity index (χ3n) is 3.05. The summed E-state index contributed by atoms with van der Waals surface area (Å²) in [5.41, 5.74) is 8.96. The van der Waals surface area contributed by atoms with Gasteiger partial charge in [-0.05, 0) is 12.5 Å². The van der Waals surface area contributed by atoms with Crippen LogP contribution in [0.1, 0.15) is 24.5 Å². The number of nitrogens with zero attached hydrogens (tertiary/aromatic N) is 2. The Morgan fingerprint density at radius 3 is 2.80 bits per heavy atom. The highest BCUT2D eigenvalue weighted by Crippen LogP contribution is 2.25. The van der Waals surface area contributed by atoms with Gasteiger partial charge < -0.3 is 15.8 Å². The van der Waals surface area contributed by atoms with Crippen LogP contribution in [0.5, 0.6) is 0 Å². The van der Waals surface area contributed by atoms with Crippen LogP contribution in [0.15, 0.2) is 30.6 Å². The Bertz CT molecular complexity index is 572. The van der Waals surface area contributed by atoms with Gasteiger partial charge in [-0.15, -0.1) is 0 Å². The van der Waals surface area contributed by atoms with Crippen molar-refractivity contribution in [3.05, 3.63) is 41.7 Å². The molecule has 5 nitrogen and oxygen atoms in total. The Hall–Kier alpha value is -2.14. The number of nitrogen functional groups attached to an aromatic ring is 1. The van der Waals surface area contributed by atoms with Crippen LogP contribution >= 0.6 is 0 Å². The average molecular weight is 272 g/mol. The van der Waals surface area contributed by atoms with Crippen LogP contribution in [0, 0.1) is 0 Å². The maximum atomic E-state index is 5.94. The predicted molar refractivity (Wildman–Crippen MR) is 80.9 cm³/mol. The van der Waals surface area contributed by atoms with Gasteiger partial charge in [0.05, 0.1) is 6.61 Å². The Labute approximate surface area is 119 Å². The summed E-state index contributed by atoms with van der Waals surface area (Å²) in [6, 6.07) is 7.99. The summed E-state index contributed by atoms with van der Waals surface area (Å²) in [7, 11) is 1.68. The number of hydrogen-bond donors (Lipinski definition) is 2. The van der Waals surface area contributed by atoms with Crippen LogP contribution in [-0.4, -0.2) is 17.1 Å². The number of nitrogens with one attached hydrogen (secondary N) is 1. The molecule has 0 radical (unpaired) electrons. The molecule has 2 aromatic rings. The van der Waals surface area contributed by atoms with Crippen molar-refractivity contribution in [3.63, 3.8) is 0 Å². The van der Waals surface area contributed by atoms with Crippen molar-refractivity contribution in [1.29, 1.82) is 0 Å². The van der Waals surface area contributed by atoms with Crippen LogP contribution in [0.3, 0.4) is 0 Å². The van der Waals surface area contributed by atoms with Gasteiger partial charge in [-0.2, -0.15) is 0 Å². The zero-order valence-corrected chi connectivity index (χ0v) is 11.9. The Kier molecular flexibility index (Phi) is 4.90. The molecule has 0 aliphatic rings. The van der Waals surface area contributed by atoms with Crippen LogP contribution in [0.25, 0.3) is 0 Å². The molecule has 3 N–H and O–H groups in total. The van der Waals surface area contributed by atoms with Crippen molar-refractivity contribution >= 4 is 17.3 Å². The molecular formula is C15H20N4O. The minimum absolute atomic E-state index is 0.536. The summed E-state index contributed by atoms with van der Waals surface area (Å²) in [5.74, 6) is 1.30. The predicted octanol–water partition coefficient (Wildman–Crippen LogP) is 2.90. The van der Waals surface area contributed by atoms with Crippen molar-refractivity contribution in [3.8, 4) is 0 Å². The van der Waals surface area contributed by atoms with E-state index in [1.807, 2.05) is 24.3 Å². The Balaban J connectivity index is 2.32. The molecule has 1 aromatic carbocycles. The highest BCUT2D eigenvalue weighted by molar-refractivity contribution is 5.66. The van der Waals surface area contributed by atoms with E-state index in [2.05, 4.69) is 22.2 Å². The van der Waals surface area contributed by atoms with E-state index in [-0.39, 0.29) is 0 Å². The molecule has 0 fully saturated rings. The largest absolute Gasteiger partial charge is 0.383 e. The van der Waals surface area contributed by atoms with Crippen molar-refractivity contribution in [2.45, 2.75) is 26.4 Å². The number of aromatic nitrogens is 2. The molecule has 0 bridgehead atoms. The average Bonchev–Trinajstić information content (AvgIpc) is 2.45. The first-order chi connectivity index (χ1) is 9.76. The summed E-state index contributed by atoms with van der Waals surface area (Å²) >= 11 is 0. The van der Waals surface area contributed by atoms with Gasteiger partial charge in [-0.25, -0.2) is 9.97 Å². The van der Waals surface area contributed by atoms with E-state index in [1.165, 1.54) is 6.33 Å². The lowest BCUT2D eigenvalue weighted by Gasteiger charge is -2.14. The second-order valence-electron chi connectivity index (χ2n) is 4.55. The van der Waals surface area contributed by atoms with E-state index in [4.69, 9.17) is 10.5 Å². The number of ether oxygens (including phenoxy) is 1. The number of rotatable bonds is 6. The van der Waals surface area contributed by atoms with E-state index in [9.17, 15) is 0 Å². The third-order valence-corrected chi connectivity index (χ3v) is 3.05. The lowest BCUT2D eigenvalue weighted by atomic mass is 10.1. The molecule has 20 heavy (non-hydrogen) atoms. The van der Waals surface area contributed by atoms with Crippen molar-refractivity contribution in [2.75, 3.05) is 18.2 Å². The van der Waals surface area contributed by atoms with E-state index in [0.717, 1.165) is 35.5 Å². The minimum atomic E-state index is 0.536. The Morgan fingerprint density at radius 2 is 2.05 bits per heavy atom. The SMILES string of the molecule is CCCc1c(N)ncnc1Nc1ccccc1COC. The Morgan fingerprint density at radius 1 is 1.25 bits per heavy atom. The quantitative estimate of drug-likeness (QED) is 0.846. The maximum absolute atomic E-state index is 5.94. The van der Waals surface area contributed by atoms with E-state index in [0.29, 0.717) is 12.4 Å². The van der Waals surface area contributed by atoms with Gasteiger partial charge in [-0.3, -0.25) is 0 Å². The van der Waals surface area contributed by atoms with Gasteiger partial charge in [0.1, 0.15) is 18.0 Å². The fourth-order valence-electron chi connectivity index (χ4n) is 2.08. The number of para-hydroxylation sites is 1. The van der Waals surface area contributed by atoms with Crippen molar-refractivity contribution in [1.82, 2.24) is 9.97 Å². The second-order valence-corrected chi connectivity index (χ2v) is 4.55. The summed E-state index contributed by atoms with van der Waals surface area (Å²) < 4.78 is 5.21. The fraction of sp³-hybridized carbons (Fsp3) is 0.333. The summed E-state index contributed by atoms with van der Waals surface area (Å²) in [4.78, 5) is 8.37. The molecule has 0 aliphatic heterocycles. The highest BCUT2D eigenvalue weighted by Gasteiger charge is 2.10. The topological polar surface area (TPSA) is 73.1 Å². The normalized spacial score (nSPS) is 10.5. The van der Waals surface area contributed by atoms with Crippen molar-refractivity contribution < 1.29 is 4.74 Å². The van der Waals surface area contributed by atoms with Gasteiger partial charge in [0.25, 0.3) is 0 Å². The smallest absolute Gasteiger partial charge is 0.139 e. The molecule has 5 heteroatoms. The molecule has 1 aromatic heterocycles. The van der Waals surface area contributed by atoms with E-state index >= 15 is 0 Å². The van der Waals surface area contributed by atoms with E-state index < -0.39 is 0 Å². The molecular weight excluding hydrogens is 252 g/mol. The molecule has 106 valence electrons. The first-order valence-electron chi connectivity index (χ1n) is 6.69. The zero-order chi connectivity index (χ0) is 14.4. The standard InChI is InChI=1S/C15H20N4O/c1-3-6-12-14(16)17-10-18-15(12)19-13-8-5-4-7-11(13)9-20-2/h4-5,7-8,10H,3,6,9H2,1-2H3,(H3,16,17,18,19). The molecule has 0 atom stereocenters. The fourth-order valence-corrected chi connectivity index (χ4v) is 2.08. The van der Waals surface area contributed by atoms with Gasteiger partial charge in [0.15, 0.2) is 0 Å². The molecule has 0 aliphatic carbocycles. The van der Waals surface area contributed by atoms with Gasteiger partial charge in [0, 0.05) is 23.9 Å². The van der Waals surface area contributed by atoms with Crippen LogP contribution in [0.4, 0.5) is 17.3 Å². The molecule has 0 amide bonds. The van der Waals surface area contributed by atoms with Crippen LogP contribution in [0.2, 0.25) is 0 Å². The van der Waals surface area contributed by atoms with Gasteiger partial charge in [-0.1, -0.05) is 31.5 Å². The molecule has 0 saturated heterocycles. The number of anilines is 3. The number of methoxy groups -OCH3 is 1. The first-order valence-corrected chi connectivity index (χ1v) is 6.69. The first kappa shape index (κ1) is 14.3. The second kappa shape index (κ2) is 6.86. The zero-order valence-electron chi connectivity index (χ0n) is 11.9. The minimum Gasteiger partial charge on any atom is -0.383 e.